The van der Waals surface area contributed by atoms with Crippen LogP contribution >= 0.6 is 0 Å². The third kappa shape index (κ3) is 2.59. The average molecular weight is 335 g/mol. The van der Waals surface area contributed by atoms with Gasteiger partial charge in [0.1, 0.15) is 11.9 Å². The molecule has 1 atom stereocenters. The molecule has 2 heterocycles. The summed E-state index contributed by atoms with van der Waals surface area (Å²) in [5.41, 5.74) is 0.366. The fourth-order valence-corrected chi connectivity index (χ4v) is 3.48. The lowest BCUT2D eigenvalue weighted by Gasteiger charge is -2.19. The summed E-state index contributed by atoms with van der Waals surface area (Å²) < 4.78 is 1.42. The van der Waals surface area contributed by atoms with Crippen molar-refractivity contribution in [3.05, 3.63) is 52.6 Å². The van der Waals surface area contributed by atoms with E-state index in [2.05, 4.69) is 10.3 Å². The zero-order valence-electron chi connectivity index (χ0n) is 13.8. The zero-order chi connectivity index (χ0) is 17.6. The molecule has 3 aromatic rings. The van der Waals surface area contributed by atoms with Crippen LogP contribution in [0.3, 0.4) is 0 Å². The number of nitrogens with zero attached hydrogens (tertiary/aromatic N) is 2. The van der Waals surface area contributed by atoms with E-state index >= 15 is 0 Å². The van der Waals surface area contributed by atoms with Gasteiger partial charge >= 0.3 is 0 Å². The SMILES string of the molecule is Cc1nc2cc3ccccc3cc2c(=O)n1C1CCCC(=O)NC1=O. The molecule has 0 saturated carbocycles. The molecule has 1 aliphatic heterocycles. The number of carbonyl (C=O) groups excluding carboxylic acids is 2. The number of nitrogens with one attached hydrogen (secondary N) is 1. The number of imide groups is 1. The number of rotatable bonds is 1. The summed E-state index contributed by atoms with van der Waals surface area (Å²) >= 11 is 0. The lowest BCUT2D eigenvalue weighted by Crippen LogP contribution is -2.39. The molecule has 0 radical (unpaired) electrons. The summed E-state index contributed by atoms with van der Waals surface area (Å²) in [7, 11) is 0. The fraction of sp³-hybridized carbons (Fsp3) is 0.263. The predicted octanol–water partition coefficient (Wildman–Crippen LogP) is 2.23. The Morgan fingerprint density at radius 3 is 2.60 bits per heavy atom. The standard InChI is InChI=1S/C19H17N3O3/c1-11-20-15-10-13-6-3-2-5-12(13)9-14(15)19(25)22(11)16-7-4-8-17(23)21-18(16)24/h2-3,5-6,9-10,16H,4,7-8H2,1H3,(H,21,23,24). The molecule has 2 aromatic carbocycles. The second-order valence-electron chi connectivity index (χ2n) is 6.37. The Kier molecular flexibility index (Phi) is 3.60. The quantitative estimate of drug-likeness (QED) is 0.546. The normalized spacial score (nSPS) is 18.4. The van der Waals surface area contributed by atoms with Gasteiger partial charge in [0, 0.05) is 6.42 Å². The van der Waals surface area contributed by atoms with Crippen molar-refractivity contribution in [2.75, 3.05) is 0 Å². The maximum absolute atomic E-state index is 13.1. The van der Waals surface area contributed by atoms with Crippen LogP contribution in [-0.2, 0) is 9.59 Å². The molecule has 0 bridgehead atoms. The largest absolute Gasteiger partial charge is 0.295 e. The molecule has 1 saturated heterocycles. The van der Waals surface area contributed by atoms with Crippen LogP contribution in [0.1, 0.15) is 31.1 Å². The van der Waals surface area contributed by atoms with Crippen LogP contribution in [0.15, 0.2) is 41.2 Å². The van der Waals surface area contributed by atoms with Gasteiger partial charge in [0.25, 0.3) is 5.56 Å². The first-order chi connectivity index (χ1) is 12.0. The van der Waals surface area contributed by atoms with E-state index < -0.39 is 11.9 Å². The van der Waals surface area contributed by atoms with Gasteiger partial charge in [-0.3, -0.25) is 24.3 Å². The highest BCUT2D eigenvalue weighted by molar-refractivity contribution is 5.98. The van der Waals surface area contributed by atoms with E-state index in [4.69, 9.17) is 0 Å². The Labute approximate surface area is 143 Å². The van der Waals surface area contributed by atoms with Crippen molar-refractivity contribution in [3.8, 4) is 0 Å². The van der Waals surface area contributed by atoms with Gasteiger partial charge in [-0.15, -0.1) is 0 Å². The summed E-state index contributed by atoms with van der Waals surface area (Å²) in [6.45, 7) is 1.72. The summed E-state index contributed by atoms with van der Waals surface area (Å²) in [6.07, 6.45) is 1.30. The molecule has 0 spiro atoms. The Balaban J connectivity index is 1.95. The van der Waals surface area contributed by atoms with Crippen LogP contribution in [0, 0.1) is 6.92 Å². The number of hydrogen-bond acceptors (Lipinski definition) is 4. The lowest BCUT2D eigenvalue weighted by atomic mass is 10.1. The topological polar surface area (TPSA) is 81.1 Å². The predicted molar refractivity (Wildman–Crippen MR) is 94.3 cm³/mol. The zero-order valence-corrected chi connectivity index (χ0v) is 13.8. The Hall–Kier alpha value is -3.02. The smallest absolute Gasteiger partial charge is 0.262 e. The van der Waals surface area contributed by atoms with Crippen molar-refractivity contribution in [1.82, 2.24) is 14.9 Å². The lowest BCUT2D eigenvalue weighted by molar-refractivity contribution is -0.131. The highest BCUT2D eigenvalue weighted by Gasteiger charge is 2.28. The summed E-state index contributed by atoms with van der Waals surface area (Å²) in [6, 6.07) is 10.8. The minimum atomic E-state index is -0.706. The summed E-state index contributed by atoms with van der Waals surface area (Å²) in [4.78, 5) is 41.6. The molecule has 1 aromatic heterocycles. The van der Waals surface area contributed by atoms with Crippen LogP contribution in [0.2, 0.25) is 0 Å². The van der Waals surface area contributed by atoms with Gasteiger partial charge in [0.15, 0.2) is 0 Å². The number of aromatic nitrogens is 2. The van der Waals surface area contributed by atoms with E-state index in [0.29, 0.717) is 36.0 Å². The molecule has 1 unspecified atom stereocenters. The molecule has 25 heavy (non-hydrogen) atoms. The van der Waals surface area contributed by atoms with Crippen molar-refractivity contribution >= 4 is 33.5 Å². The first-order valence-corrected chi connectivity index (χ1v) is 8.30. The van der Waals surface area contributed by atoms with Gasteiger partial charge in [-0.25, -0.2) is 4.98 Å². The molecule has 126 valence electrons. The molecule has 2 amide bonds. The molecule has 1 aliphatic rings. The summed E-state index contributed by atoms with van der Waals surface area (Å²) in [5, 5.41) is 4.80. The summed E-state index contributed by atoms with van der Waals surface area (Å²) in [5.74, 6) is -0.255. The number of amides is 2. The number of aryl methyl sites for hydroxylation is 1. The molecule has 1 N–H and O–H groups in total. The van der Waals surface area contributed by atoms with Crippen molar-refractivity contribution in [2.45, 2.75) is 32.2 Å². The highest BCUT2D eigenvalue weighted by Crippen LogP contribution is 2.23. The number of fused-ring (bicyclic) bond motifs is 2. The van der Waals surface area contributed by atoms with Gasteiger partial charge in [-0.1, -0.05) is 24.3 Å². The third-order valence-electron chi connectivity index (χ3n) is 4.70. The van der Waals surface area contributed by atoms with E-state index in [1.165, 1.54) is 4.57 Å². The Bertz CT molecular complexity index is 1080. The average Bonchev–Trinajstić information content (AvgIpc) is 2.74. The second kappa shape index (κ2) is 5.81. The molecular weight excluding hydrogens is 318 g/mol. The minimum absolute atomic E-state index is 0.247. The minimum Gasteiger partial charge on any atom is -0.295 e. The molecule has 0 aliphatic carbocycles. The van der Waals surface area contributed by atoms with Crippen LogP contribution in [0.4, 0.5) is 0 Å². The molecule has 1 fully saturated rings. The van der Waals surface area contributed by atoms with Gasteiger partial charge in [-0.05, 0) is 42.7 Å². The monoisotopic (exact) mass is 335 g/mol. The van der Waals surface area contributed by atoms with Gasteiger partial charge in [-0.2, -0.15) is 0 Å². The van der Waals surface area contributed by atoms with Crippen LogP contribution in [0.25, 0.3) is 21.7 Å². The van der Waals surface area contributed by atoms with Crippen molar-refractivity contribution in [3.63, 3.8) is 0 Å². The van der Waals surface area contributed by atoms with Crippen LogP contribution in [0.5, 0.6) is 0 Å². The van der Waals surface area contributed by atoms with Gasteiger partial charge in [0.2, 0.25) is 11.8 Å². The number of carbonyl (C=O) groups is 2. The highest BCUT2D eigenvalue weighted by atomic mass is 16.2. The number of hydrogen-bond donors (Lipinski definition) is 1. The molecule has 4 rings (SSSR count). The number of benzene rings is 2. The van der Waals surface area contributed by atoms with E-state index in [0.717, 1.165) is 10.8 Å². The van der Waals surface area contributed by atoms with Crippen LogP contribution < -0.4 is 10.9 Å². The first kappa shape index (κ1) is 15.5. The molecule has 6 heteroatoms. The maximum Gasteiger partial charge on any atom is 0.262 e. The van der Waals surface area contributed by atoms with Gasteiger partial charge in [0.05, 0.1) is 10.9 Å². The van der Waals surface area contributed by atoms with Crippen molar-refractivity contribution in [2.24, 2.45) is 0 Å². The molecular formula is C19H17N3O3. The molecule has 6 nitrogen and oxygen atoms in total. The van der Waals surface area contributed by atoms with Gasteiger partial charge < -0.3 is 0 Å². The third-order valence-corrected chi connectivity index (χ3v) is 4.70. The fourth-order valence-electron chi connectivity index (χ4n) is 3.48. The maximum atomic E-state index is 13.1. The van der Waals surface area contributed by atoms with Crippen LogP contribution in [-0.4, -0.2) is 21.4 Å². The van der Waals surface area contributed by atoms with E-state index in [1.54, 1.807) is 6.92 Å². The van der Waals surface area contributed by atoms with Crippen molar-refractivity contribution in [1.29, 1.82) is 0 Å². The second-order valence-corrected chi connectivity index (χ2v) is 6.37. The van der Waals surface area contributed by atoms with E-state index in [9.17, 15) is 14.4 Å². The van der Waals surface area contributed by atoms with E-state index in [-0.39, 0.29) is 11.5 Å². The van der Waals surface area contributed by atoms with E-state index in [1.807, 2.05) is 36.4 Å². The first-order valence-electron chi connectivity index (χ1n) is 8.30. The Morgan fingerprint density at radius 2 is 1.84 bits per heavy atom. The van der Waals surface area contributed by atoms with Crippen molar-refractivity contribution < 1.29 is 9.59 Å². The Morgan fingerprint density at radius 1 is 1.12 bits per heavy atom.